The molecule has 16 heavy (non-hydrogen) atoms. The van der Waals surface area contributed by atoms with E-state index in [-0.39, 0.29) is 17.6 Å². The number of aromatic nitrogens is 2. The molecule has 0 radical (unpaired) electrons. The quantitative estimate of drug-likeness (QED) is 0.857. The molecule has 0 aliphatic heterocycles. The highest BCUT2D eigenvalue weighted by molar-refractivity contribution is 14.1. The van der Waals surface area contributed by atoms with Gasteiger partial charge in [0.05, 0.1) is 15.4 Å². The van der Waals surface area contributed by atoms with Crippen LogP contribution in [0, 0.1) is 3.57 Å². The standard InChI is InChI=1S/C11H17IN2O2/c1-6(2)10-9(12)11(15)14-8(13-10)5-7(3)16-4/h6-7H,5H2,1-4H3,(H,13,14,15). The van der Waals surface area contributed by atoms with Crippen molar-refractivity contribution in [3.05, 3.63) is 25.4 Å². The zero-order valence-electron chi connectivity index (χ0n) is 10.0. The molecule has 1 aromatic heterocycles. The van der Waals surface area contributed by atoms with E-state index < -0.39 is 0 Å². The van der Waals surface area contributed by atoms with Crippen LogP contribution in [-0.2, 0) is 11.2 Å². The first-order valence-corrected chi connectivity index (χ1v) is 6.35. The fourth-order valence-corrected chi connectivity index (χ4v) is 2.24. The second kappa shape index (κ2) is 5.77. The largest absolute Gasteiger partial charge is 0.381 e. The number of halogens is 1. The van der Waals surface area contributed by atoms with Crippen LogP contribution in [0.4, 0.5) is 0 Å². The first-order valence-electron chi connectivity index (χ1n) is 5.27. The van der Waals surface area contributed by atoms with Gasteiger partial charge in [0, 0.05) is 13.5 Å². The van der Waals surface area contributed by atoms with Gasteiger partial charge in [0.15, 0.2) is 0 Å². The van der Waals surface area contributed by atoms with E-state index >= 15 is 0 Å². The van der Waals surface area contributed by atoms with E-state index in [1.165, 1.54) is 0 Å². The number of nitrogens with zero attached hydrogens (tertiary/aromatic N) is 1. The number of aromatic amines is 1. The van der Waals surface area contributed by atoms with Gasteiger partial charge in [-0.05, 0) is 35.4 Å². The van der Waals surface area contributed by atoms with E-state index in [0.717, 1.165) is 5.69 Å². The molecule has 1 N–H and O–H groups in total. The Morgan fingerprint density at radius 3 is 2.56 bits per heavy atom. The van der Waals surface area contributed by atoms with Gasteiger partial charge in [0.2, 0.25) is 0 Å². The molecule has 90 valence electrons. The summed E-state index contributed by atoms with van der Waals surface area (Å²) < 4.78 is 5.84. The summed E-state index contributed by atoms with van der Waals surface area (Å²) in [4.78, 5) is 19.0. The van der Waals surface area contributed by atoms with Gasteiger partial charge >= 0.3 is 0 Å². The topological polar surface area (TPSA) is 55.0 Å². The van der Waals surface area contributed by atoms with Gasteiger partial charge in [-0.3, -0.25) is 4.79 Å². The molecule has 4 nitrogen and oxygen atoms in total. The van der Waals surface area contributed by atoms with Gasteiger partial charge in [-0.15, -0.1) is 0 Å². The van der Waals surface area contributed by atoms with Gasteiger partial charge in [-0.2, -0.15) is 0 Å². The number of methoxy groups -OCH3 is 1. The molecule has 0 fully saturated rings. The van der Waals surface area contributed by atoms with Crippen molar-refractivity contribution < 1.29 is 4.74 Å². The molecule has 0 saturated heterocycles. The van der Waals surface area contributed by atoms with Crippen molar-refractivity contribution in [2.75, 3.05) is 7.11 Å². The molecule has 1 rings (SSSR count). The summed E-state index contributed by atoms with van der Waals surface area (Å²) in [5.74, 6) is 0.953. The first-order chi connectivity index (χ1) is 7.45. The number of rotatable bonds is 4. The van der Waals surface area contributed by atoms with E-state index in [1.807, 2.05) is 43.4 Å². The molecule has 1 atom stereocenters. The fourth-order valence-electron chi connectivity index (χ4n) is 1.36. The normalized spacial score (nSPS) is 13.1. The Morgan fingerprint density at radius 1 is 1.44 bits per heavy atom. The Kier molecular flexibility index (Phi) is 4.91. The molecule has 0 amide bonds. The number of hydrogen-bond donors (Lipinski definition) is 1. The molecule has 0 spiro atoms. The molecule has 0 aliphatic rings. The SMILES string of the molecule is COC(C)Cc1nc(C(C)C)c(I)c(=O)[nH]1. The average molecular weight is 336 g/mol. The van der Waals surface area contributed by atoms with E-state index in [0.29, 0.717) is 15.8 Å². The first kappa shape index (κ1) is 13.6. The van der Waals surface area contributed by atoms with Gasteiger partial charge in [0.25, 0.3) is 5.56 Å². The number of ether oxygens (including phenoxy) is 1. The highest BCUT2D eigenvalue weighted by Crippen LogP contribution is 2.16. The molecular weight excluding hydrogens is 319 g/mol. The van der Waals surface area contributed by atoms with Crippen molar-refractivity contribution in [3.63, 3.8) is 0 Å². The van der Waals surface area contributed by atoms with Gasteiger partial charge in [-0.1, -0.05) is 13.8 Å². The predicted molar refractivity (Wildman–Crippen MR) is 71.8 cm³/mol. The Labute approximate surface area is 109 Å². The van der Waals surface area contributed by atoms with E-state index in [2.05, 4.69) is 9.97 Å². The zero-order chi connectivity index (χ0) is 12.3. The number of hydrogen-bond acceptors (Lipinski definition) is 3. The van der Waals surface area contributed by atoms with E-state index in [9.17, 15) is 4.79 Å². The van der Waals surface area contributed by atoms with Crippen molar-refractivity contribution in [3.8, 4) is 0 Å². The van der Waals surface area contributed by atoms with Crippen molar-refractivity contribution in [2.45, 2.75) is 39.2 Å². The lowest BCUT2D eigenvalue weighted by Crippen LogP contribution is -2.21. The summed E-state index contributed by atoms with van der Waals surface area (Å²) in [6.45, 7) is 6.02. The fraction of sp³-hybridized carbons (Fsp3) is 0.636. The lowest BCUT2D eigenvalue weighted by molar-refractivity contribution is 0.117. The highest BCUT2D eigenvalue weighted by Gasteiger charge is 2.13. The van der Waals surface area contributed by atoms with Crippen LogP contribution in [0.5, 0.6) is 0 Å². The molecule has 0 bridgehead atoms. The molecule has 5 heteroatoms. The minimum Gasteiger partial charge on any atom is -0.381 e. The number of H-pyrrole nitrogens is 1. The second-order valence-corrected chi connectivity index (χ2v) is 5.20. The lowest BCUT2D eigenvalue weighted by atomic mass is 10.1. The molecule has 0 aromatic carbocycles. The van der Waals surface area contributed by atoms with Gasteiger partial charge in [-0.25, -0.2) is 4.98 Å². The minimum atomic E-state index is -0.0578. The molecule has 1 heterocycles. The van der Waals surface area contributed by atoms with Crippen LogP contribution >= 0.6 is 22.6 Å². The van der Waals surface area contributed by atoms with Crippen LogP contribution in [0.3, 0.4) is 0 Å². The molecule has 0 saturated carbocycles. The van der Waals surface area contributed by atoms with Crippen LogP contribution in [-0.4, -0.2) is 23.2 Å². The third kappa shape index (κ3) is 3.28. The molecule has 1 unspecified atom stereocenters. The third-order valence-electron chi connectivity index (χ3n) is 2.37. The summed E-state index contributed by atoms with van der Waals surface area (Å²) in [7, 11) is 1.65. The summed E-state index contributed by atoms with van der Waals surface area (Å²) in [6.07, 6.45) is 0.686. The Bertz CT molecular complexity index is 415. The maximum absolute atomic E-state index is 11.7. The summed E-state index contributed by atoms with van der Waals surface area (Å²) in [5, 5.41) is 0. The maximum atomic E-state index is 11.7. The number of nitrogens with one attached hydrogen (secondary N) is 1. The van der Waals surface area contributed by atoms with E-state index in [4.69, 9.17) is 4.74 Å². The Hall–Kier alpha value is -0.430. The van der Waals surface area contributed by atoms with Crippen molar-refractivity contribution in [1.29, 1.82) is 0 Å². The zero-order valence-corrected chi connectivity index (χ0v) is 12.2. The molecule has 0 aliphatic carbocycles. The lowest BCUT2D eigenvalue weighted by Gasteiger charge is -2.12. The van der Waals surface area contributed by atoms with Gasteiger partial charge in [0.1, 0.15) is 5.82 Å². The van der Waals surface area contributed by atoms with Crippen LogP contribution < -0.4 is 5.56 Å². The maximum Gasteiger partial charge on any atom is 0.264 e. The van der Waals surface area contributed by atoms with Crippen LogP contribution in [0.2, 0.25) is 0 Å². The van der Waals surface area contributed by atoms with Crippen LogP contribution in [0.25, 0.3) is 0 Å². The highest BCUT2D eigenvalue weighted by atomic mass is 127. The van der Waals surface area contributed by atoms with Crippen molar-refractivity contribution in [1.82, 2.24) is 9.97 Å². The minimum absolute atomic E-state index is 0.0578. The second-order valence-electron chi connectivity index (χ2n) is 4.12. The predicted octanol–water partition coefficient (Wildman–Crippen LogP) is 2.08. The average Bonchev–Trinajstić information content (AvgIpc) is 2.22. The summed E-state index contributed by atoms with van der Waals surface area (Å²) in [5.41, 5.74) is 0.806. The monoisotopic (exact) mass is 336 g/mol. The van der Waals surface area contributed by atoms with Crippen LogP contribution in [0.15, 0.2) is 4.79 Å². The van der Waals surface area contributed by atoms with Crippen molar-refractivity contribution in [2.24, 2.45) is 0 Å². The van der Waals surface area contributed by atoms with Crippen LogP contribution in [0.1, 0.15) is 38.2 Å². The Morgan fingerprint density at radius 2 is 2.06 bits per heavy atom. The van der Waals surface area contributed by atoms with E-state index in [1.54, 1.807) is 7.11 Å². The summed E-state index contributed by atoms with van der Waals surface area (Å²) in [6, 6.07) is 0. The van der Waals surface area contributed by atoms with Crippen molar-refractivity contribution >= 4 is 22.6 Å². The summed E-state index contributed by atoms with van der Waals surface area (Å²) >= 11 is 2.04. The Balaban J connectivity index is 3.09. The third-order valence-corrected chi connectivity index (χ3v) is 3.41. The smallest absolute Gasteiger partial charge is 0.264 e. The molecule has 1 aromatic rings. The van der Waals surface area contributed by atoms with Gasteiger partial charge < -0.3 is 9.72 Å². The molecular formula is C11H17IN2O2.